The highest BCUT2D eigenvalue weighted by atomic mass is 16.2. The average molecular weight is 739 g/mol. The monoisotopic (exact) mass is 739 g/mol. The molecule has 2 fully saturated rings. The lowest BCUT2D eigenvalue weighted by Crippen LogP contribution is -2.54. The predicted octanol–water partition coefficient (Wildman–Crippen LogP) is 6.99. The van der Waals surface area contributed by atoms with Gasteiger partial charge in [0, 0.05) is 49.1 Å². The summed E-state index contributed by atoms with van der Waals surface area (Å²) in [6, 6.07) is 7.58. The normalized spacial score (nSPS) is 20.9. The van der Waals surface area contributed by atoms with Crippen molar-refractivity contribution in [2.45, 2.75) is 118 Å². The van der Waals surface area contributed by atoms with Crippen molar-refractivity contribution in [2.24, 2.45) is 28.6 Å². The van der Waals surface area contributed by atoms with Crippen molar-refractivity contribution >= 4 is 11.8 Å². The molecule has 54 heavy (non-hydrogen) atoms. The first-order valence-electron chi connectivity index (χ1n) is 20.0. The maximum absolute atomic E-state index is 14.5. The largest absolute Gasteiger partial charge is 0.389 e. The molecule has 0 aromatic heterocycles. The summed E-state index contributed by atoms with van der Waals surface area (Å²) >= 11 is 0. The number of likely N-dealkylation sites (tertiary alicyclic amines) is 1. The predicted molar refractivity (Wildman–Crippen MR) is 226 cm³/mol. The average Bonchev–Trinajstić information content (AvgIpc) is 3.49. The first kappa shape index (κ1) is 44.0. The van der Waals surface area contributed by atoms with Gasteiger partial charge in [-0.25, -0.2) is 0 Å². The van der Waals surface area contributed by atoms with E-state index in [1.807, 2.05) is 13.8 Å². The minimum absolute atomic E-state index is 0.0136. The molecule has 0 radical (unpaired) electrons. The molecule has 2 aliphatic carbocycles. The third-order valence-electron chi connectivity index (χ3n) is 11.7. The van der Waals surface area contributed by atoms with Gasteiger partial charge in [-0.2, -0.15) is 0 Å². The summed E-state index contributed by atoms with van der Waals surface area (Å²) in [5.74, 6) is 3.67. The van der Waals surface area contributed by atoms with Crippen molar-refractivity contribution < 1.29 is 9.59 Å². The van der Waals surface area contributed by atoms with E-state index in [0.717, 1.165) is 56.0 Å². The maximum Gasteiger partial charge on any atom is 0.248 e. The van der Waals surface area contributed by atoms with Crippen molar-refractivity contribution in [3.8, 4) is 12.3 Å². The third-order valence-corrected chi connectivity index (χ3v) is 11.7. The molecule has 5 N–H and O–H groups in total. The molecule has 1 aromatic carbocycles. The van der Waals surface area contributed by atoms with Crippen molar-refractivity contribution in [3.05, 3.63) is 97.2 Å². The zero-order chi connectivity index (χ0) is 40.4. The number of hydrogen-bond acceptors (Lipinski definition) is 6. The zero-order valence-electron chi connectivity index (χ0n) is 34.7. The van der Waals surface area contributed by atoms with Gasteiger partial charge in [0.15, 0.2) is 0 Å². The number of hydrogen-bond donors (Lipinski definition) is 5. The molecule has 1 saturated carbocycles. The lowest BCUT2D eigenvalue weighted by Gasteiger charge is -2.40. The second kappa shape index (κ2) is 19.3. The van der Waals surface area contributed by atoms with Crippen LogP contribution in [0, 0.1) is 40.9 Å². The van der Waals surface area contributed by atoms with Crippen LogP contribution in [-0.4, -0.2) is 60.5 Å². The SMILES string of the molecule is C#CCCC(NC(=O)C1[C@@H]2[C@H](CN1C(=C)C(NC(=C)NC(CCC(=C)NCC)C(C)(C)C)C1Cc3ccccc3C1)C2(C)C)C(=C)C(=O)NCC=C.CC. The minimum atomic E-state index is -0.593. The van der Waals surface area contributed by atoms with Crippen LogP contribution in [0.3, 0.4) is 0 Å². The molecule has 0 spiro atoms. The summed E-state index contributed by atoms with van der Waals surface area (Å²) in [6.45, 7) is 40.4. The van der Waals surface area contributed by atoms with Gasteiger partial charge in [0.1, 0.15) is 6.04 Å². The number of piperidine rings is 1. The molecule has 1 saturated heterocycles. The molecular formula is C46H70N6O2. The van der Waals surface area contributed by atoms with Crippen molar-refractivity contribution in [2.75, 3.05) is 19.6 Å². The number of nitrogens with one attached hydrogen (secondary N) is 5. The second-order valence-corrected chi connectivity index (χ2v) is 16.6. The summed E-state index contributed by atoms with van der Waals surface area (Å²) < 4.78 is 0. The number of carbonyl (C=O) groups is 2. The van der Waals surface area contributed by atoms with Crippen molar-refractivity contribution in [3.63, 3.8) is 0 Å². The van der Waals surface area contributed by atoms with Crippen LogP contribution >= 0.6 is 0 Å². The number of rotatable bonds is 20. The van der Waals surface area contributed by atoms with Crippen LogP contribution in [0.15, 0.2) is 86.0 Å². The summed E-state index contributed by atoms with van der Waals surface area (Å²) in [6.07, 6.45) is 11.6. The molecule has 8 nitrogen and oxygen atoms in total. The fourth-order valence-electron chi connectivity index (χ4n) is 8.44. The van der Waals surface area contributed by atoms with E-state index in [0.29, 0.717) is 25.3 Å². The summed E-state index contributed by atoms with van der Waals surface area (Å²) in [4.78, 5) is 29.6. The number of benzene rings is 1. The fraction of sp³-hybridized carbons (Fsp3) is 0.565. The van der Waals surface area contributed by atoms with Gasteiger partial charge in [0.05, 0.1) is 17.9 Å². The van der Waals surface area contributed by atoms with Gasteiger partial charge in [0.2, 0.25) is 11.8 Å². The number of terminal acetylenes is 1. The maximum atomic E-state index is 14.5. The molecule has 1 heterocycles. The van der Waals surface area contributed by atoms with Crippen LogP contribution in [0.25, 0.3) is 0 Å². The molecular weight excluding hydrogens is 669 g/mol. The topological polar surface area (TPSA) is 97.5 Å². The van der Waals surface area contributed by atoms with E-state index >= 15 is 0 Å². The van der Waals surface area contributed by atoms with Crippen molar-refractivity contribution in [1.29, 1.82) is 0 Å². The Hall–Kier alpha value is -4.38. The van der Waals surface area contributed by atoms with Gasteiger partial charge in [-0.15, -0.1) is 18.9 Å². The Morgan fingerprint density at radius 2 is 1.65 bits per heavy atom. The fourth-order valence-corrected chi connectivity index (χ4v) is 8.44. The van der Waals surface area contributed by atoms with Crippen LogP contribution in [0.5, 0.6) is 0 Å². The molecule has 8 heteroatoms. The minimum Gasteiger partial charge on any atom is -0.389 e. The number of fused-ring (bicyclic) bond motifs is 2. The van der Waals surface area contributed by atoms with E-state index in [1.54, 1.807) is 6.08 Å². The quantitative estimate of drug-likeness (QED) is 0.0563. The highest BCUT2D eigenvalue weighted by molar-refractivity contribution is 5.95. The van der Waals surface area contributed by atoms with Crippen LogP contribution in [0.4, 0.5) is 0 Å². The van der Waals surface area contributed by atoms with Gasteiger partial charge in [0.25, 0.3) is 0 Å². The van der Waals surface area contributed by atoms with E-state index in [-0.39, 0.29) is 52.1 Å². The molecule has 6 atom stereocenters. The Labute approximate surface area is 327 Å². The van der Waals surface area contributed by atoms with Gasteiger partial charge < -0.3 is 31.5 Å². The van der Waals surface area contributed by atoms with Crippen LogP contribution in [0.2, 0.25) is 0 Å². The van der Waals surface area contributed by atoms with Crippen LogP contribution < -0.4 is 26.6 Å². The Balaban J connectivity index is 0.00000385. The number of amides is 2. The smallest absolute Gasteiger partial charge is 0.248 e. The van der Waals surface area contributed by atoms with Gasteiger partial charge >= 0.3 is 0 Å². The summed E-state index contributed by atoms with van der Waals surface area (Å²) in [5, 5.41) is 16.9. The molecule has 4 rings (SSSR count). The Morgan fingerprint density at radius 3 is 2.20 bits per heavy atom. The first-order valence-corrected chi connectivity index (χ1v) is 20.0. The standard InChI is InChI=1S/C44H64N6O2.C2H6/c1-13-16-21-36(29(5)41(51)46-24-14-2)49-42(52)40-38-35(44(38,11)12)27-50(40)30(6)39(34-25-32-19-17-18-20-33(32)26-34)48-31(7)47-37(43(8,9)10)23-22-28(4)45-15-3;1-2/h1,14,17-20,34-40,45,47-48H,2,4-7,15-16,21-27H2,3,8-12H3,(H,46,51)(H,49,52);1-2H3/t35-,36?,37?,38-,39?,40?;/m0./s1. The third kappa shape index (κ3) is 10.6. The highest BCUT2D eigenvalue weighted by Gasteiger charge is 2.69. The molecule has 1 aliphatic heterocycles. The van der Waals surface area contributed by atoms with Gasteiger partial charge in [-0.1, -0.05) is 105 Å². The number of nitrogens with zero attached hydrogens (tertiary/aromatic N) is 1. The number of allylic oxidation sites excluding steroid dienone is 1. The molecule has 1 aromatic rings. The lowest BCUT2D eigenvalue weighted by atomic mass is 9.83. The first-order chi connectivity index (χ1) is 25.5. The molecule has 296 valence electrons. The summed E-state index contributed by atoms with van der Waals surface area (Å²) in [5.41, 5.74) is 4.90. The van der Waals surface area contributed by atoms with E-state index < -0.39 is 12.1 Å². The Bertz CT molecular complexity index is 1550. The van der Waals surface area contributed by atoms with E-state index in [2.05, 4.69) is 130 Å². The van der Waals surface area contributed by atoms with Gasteiger partial charge in [-0.05, 0) is 78.7 Å². The Morgan fingerprint density at radius 1 is 1.02 bits per heavy atom. The molecule has 3 aliphatic rings. The number of carbonyl (C=O) groups excluding carboxylic acids is 2. The van der Waals surface area contributed by atoms with Crippen LogP contribution in [-0.2, 0) is 22.4 Å². The Kier molecular flexibility index (Phi) is 15.7. The van der Waals surface area contributed by atoms with E-state index in [1.165, 1.54) is 11.1 Å². The molecule has 0 bridgehead atoms. The zero-order valence-corrected chi connectivity index (χ0v) is 34.7. The van der Waals surface area contributed by atoms with Gasteiger partial charge in [-0.3, -0.25) is 9.59 Å². The van der Waals surface area contributed by atoms with E-state index in [9.17, 15) is 9.59 Å². The lowest BCUT2D eigenvalue weighted by molar-refractivity contribution is -0.127. The molecule has 4 unspecified atom stereocenters. The van der Waals surface area contributed by atoms with E-state index in [4.69, 9.17) is 13.0 Å². The summed E-state index contributed by atoms with van der Waals surface area (Å²) in [7, 11) is 0. The van der Waals surface area contributed by atoms with Crippen LogP contribution in [0.1, 0.15) is 92.2 Å². The highest BCUT2D eigenvalue weighted by Crippen LogP contribution is 2.65. The van der Waals surface area contributed by atoms with Crippen molar-refractivity contribution in [1.82, 2.24) is 31.5 Å². The molecule has 2 amide bonds. The second-order valence-electron chi connectivity index (χ2n) is 16.6.